The van der Waals surface area contributed by atoms with E-state index >= 15 is 0 Å². The zero-order chi connectivity index (χ0) is 14.1. The summed E-state index contributed by atoms with van der Waals surface area (Å²) in [6, 6.07) is 6.57. The number of benzene rings is 1. The second-order valence-electron chi connectivity index (χ2n) is 5.45. The maximum atomic E-state index is 6.06. The molecule has 0 amide bonds. The molecule has 2 unspecified atom stereocenters. The van der Waals surface area contributed by atoms with Gasteiger partial charge < -0.3 is 10.3 Å². The standard InChI is InChI=1S/C15H19N3OS/c1-9-3-4-11(5-10(9)2)6-14-17-15(19-18-14)12-7-20-8-13(12)16/h3-5,12-13H,6-8,16H2,1-2H3. The fraction of sp³-hybridized carbons (Fsp3) is 0.467. The maximum absolute atomic E-state index is 6.06. The molecular formula is C15H19N3OS. The van der Waals surface area contributed by atoms with E-state index in [-0.39, 0.29) is 12.0 Å². The van der Waals surface area contributed by atoms with Crippen molar-refractivity contribution in [2.24, 2.45) is 5.73 Å². The fourth-order valence-electron chi connectivity index (χ4n) is 2.41. The van der Waals surface area contributed by atoms with Crippen LogP contribution in [0.15, 0.2) is 22.7 Å². The van der Waals surface area contributed by atoms with Crippen molar-refractivity contribution in [3.63, 3.8) is 0 Å². The third-order valence-corrected chi connectivity index (χ3v) is 5.07. The highest BCUT2D eigenvalue weighted by Crippen LogP contribution is 2.30. The molecule has 2 aromatic rings. The van der Waals surface area contributed by atoms with Gasteiger partial charge in [-0.2, -0.15) is 16.7 Å². The summed E-state index contributed by atoms with van der Waals surface area (Å²) < 4.78 is 5.39. The van der Waals surface area contributed by atoms with E-state index in [4.69, 9.17) is 10.3 Å². The summed E-state index contributed by atoms with van der Waals surface area (Å²) in [5.41, 5.74) is 9.87. The average molecular weight is 289 g/mol. The number of aromatic nitrogens is 2. The van der Waals surface area contributed by atoms with Crippen LogP contribution in [-0.2, 0) is 6.42 Å². The predicted molar refractivity (Wildman–Crippen MR) is 81.1 cm³/mol. The molecule has 2 heterocycles. The third kappa shape index (κ3) is 2.74. The van der Waals surface area contributed by atoms with E-state index in [0.717, 1.165) is 17.3 Å². The first-order chi connectivity index (χ1) is 9.63. The Morgan fingerprint density at radius 1 is 1.30 bits per heavy atom. The molecule has 0 aliphatic carbocycles. The lowest BCUT2D eigenvalue weighted by Crippen LogP contribution is -2.26. The molecule has 20 heavy (non-hydrogen) atoms. The Kier molecular flexibility index (Phi) is 3.81. The number of rotatable bonds is 3. The van der Waals surface area contributed by atoms with Gasteiger partial charge in [0.25, 0.3) is 0 Å². The van der Waals surface area contributed by atoms with Crippen LogP contribution < -0.4 is 5.73 Å². The SMILES string of the molecule is Cc1ccc(Cc2noc(C3CSCC3N)n2)cc1C. The average Bonchev–Trinajstić information content (AvgIpc) is 3.03. The largest absolute Gasteiger partial charge is 0.339 e. The summed E-state index contributed by atoms with van der Waals surface area (Å²) in [6.45, 7) is 4.24. The molecule has 2 atom stereocenters. The Morgan fingerprint density at radius 3 is 2.85 bits per heavy atom. The molecule has 1 aromatic carbocycles. The number of nitrogens with two attached hydrogens (primary N) is 1. The topological polar surface area (TPSA) is 64.9 Å². The zero-order valence-corrected chi connectivity index (χ0v) is 12.6. The van der Waals surface area contributed by atoms with E-state index < -0.39 is 0 Å². The van der Waals surface area contributed by atoms with Crippen molar-refractivity contribution < 1.29 is 4.52 Å². The summed E-state index contributed by atoms with van der Waals surface area (Å²) in [4.78, 5) is 4.52. The van der Waals surface area contributed by atoms with Crippen LogP contribution in [0.5, 0.6) is 0 Å². The summed E-state index contributed by atoms with van der Waals surface area (Å²) >= 11 is 1.85. The molecule has 5 heteroatoms. The molecule has 0 spiro atoms. The van der Waals surface area contributed by atoms with E-state index in [1.54, 1.807) is 0 Å². The zero-order valence-electron chi connectivity index (χ0n) is 11.8. The van der Waals surface area contributed by atoms with E-state index in [2.05, 4.69) is 42.2 Å². The smallest absolute Gasteiger partial charge is 0.232 e. The summed E-state index contributed by atoms with van der Waals surface area (Å²) in [5.74, 6) is 3.60. The van der Waals surface area contributed by atoms with Crippen LogP contribution in [0.1, 0.15) is 34.3 Å². The molecule has 1 saturated heterocycles. The highest BCUT2D eigenvalue weighted by Gasteiger charge is 2.30. The second-order valence-corrected chi connectivity index (χ2v) is 6.53. The van der Waals surface area contributed by atoms with E-state index in [0.29, 0.717) is 12.3 Å². The number of aryl methyl sites for hydroxylation is 2. The summed E-state index contributed by atoms with van der Waals surface area (Å²) in [7, 11) is 0. The van der Waals surface area contributed by atoms with Gasteiger partial charge in [-0.05, 0) is 30.5 Å². The lowest BCUT2D eigenvalue weighted by Gasteiger charge is -2.07. The lowest BCUT2D eigenvalue weighted by molar-refractivity contribution is 0.349. The van der Waals surface area contributed by atoms with Crippen LogP contribution >= 0.6 is 11.8 Å². The minimum absolute atomic E-state index is 0.134. The monoisotopic (exact) mass is 289 g/mol. The minimum Gasteiger partial charge on any atom is -0.339 e. The fourth-order valence-corrected chi connectivity index (χ4v) is 3.70. The molecule has 1 aliphatic rings. The Labute approximate surface area is 123 Å². The molecule has 1 fully saturated rings. The lowest BCUT2D eigenvalue weighted by atomic mass is 10.0. The van der Waals surface area contributed by atoms with Crippen LogP contribution in [0.4, 0.5) is 0 Å². The molecule has 2 N–H and O–H groups in total. The van der Waals surface area contributed by atoms with Crippen LogP contribution in [0.2, 0.25) is 0 Å². The van der Waals surface area contributed by atoms with Crippen LogP contribution in [0.3, 0.4) is 0 Å². The van der Waals surface area contributed by atoms with Gasteiger partial charge in [-0.25, -0.2) is 0 Å². The van der Waals surface area contributed by atoms with Gasteiger partial charge in [-0.1, -0.05) is 23.4 Å². The van der Waals surface area contributed by atoms with Crippen LogP contribution in [0, 0.1) is 13.8 Å². The van der Waals surface area contributed by atoms with Gasteiger partial charge in [-0.15, -0.1) is 0 Å². The Hall–Kier alpha value is -1.33. The van der Waals surface area contributed by atoms with Crippen molar-refractivity contribution in [3.05, 3.63) is 46.6 Å². The first kappa shape index (κ1) is 13.6. The molecule has 1 aromatic heterocycles. The van der Waals surface area contributed by atoms with Gasteiger partial charge in [0.1, 0.15) is 0 Å². The number of hydrogen-bond donors (Lipinski definition) is 1. The molecule has 106 valence electrons. The van der Waals surface area contributed by atoms with Gasteiger partial charge in [0, 0.05) is 24.0 Å². The minimum atomic E-state index is 0.134. The number of hydrogen-bond acceptors (Lipinski definition) is 5. The van der Waals surface area contributed by atoms with Gasteiger partial charge in [0.05, 0.1) is 5.92 Å². The molecule has 1 aliphatic heterocycles. The van der Waals surface area contributed by atoms with Gasteiger partial charge in [-0.3, -0.25) is 0 Å². The Morgan fingerprint density at radius 2 is 2.15 bits per heavy atom. The summed E-state index contributed by atoms with van der Waals surface area (Å²) in [5, 5.41) is 4.09. The van der Waals surface area contributed by atoms with Crippen LogP contribution in [-0.4, -0.2) is 27.7 Å². The highest BCUT2D eigenvalue weighted by molar-refractivity contribution is 7.99. The molecule has 0 radical (unpaired) electrons. The van der Waals surface area contributed by atoms with Crippen molar-refractivity contribution in [1.29, 1.82) is 0 Å². The van der Waals surface area contributed by atoms with Crippen molar-refractivity contribution in [1.82, 2.24) is 10.1 Å². The normalized spacial score (nSPS) is 22.4. The molecule has 0 bridgehead atoms. The van der Waals surface area contributed by atoms with Gasteiger partial charge in [0.2, 0.25) is 5.89 Å². The number of thioether (sulfide) groups is 1. The Bertz CT molecular complexity index is 611. The highest BCUT2D eigenvalue weighted by atomic mass is 32.2. The van der Waals surface area contributed by atoms with Crippen molar-refractivity contribution in [2.45, 2.75) is 32.2 Å². The molecule has 0 saturated carbocycles. The quantitative estimate of drug-likeness (QED) is 0.940. The second kappa shape index (κ2) is 5.58. The van der Waals surface area contributed by atoms with Crippen molar-refractivity contribution >= 4 is 11.8 Å². The van der Waals surface area contributed by atoms with Crippen molar-refractivity contribution in [2.75, 3.05) is 11.5 Å². The van der Waals surface area contributed by atoms with E-state index in [9.17, 15) is 0 Å². The third-order valence-electron chi connectivity index (χ3n) is 3.86. The summed E-state index contributed by atoms with van der Waals surface area (Å²) in [6.07, 6.45) is 0.708. The molecular weight excluding hydrogens is 270 g/mol. The predicted octanol–water partition coefficient (Wildman–Crippen LogP) is 2.43. The van der Waals surface area contributed by atoms with E-state index in [1.165, 1.54) is 16.7 Å². The molecule has 3 rings (SSSR count). The molecule has 4 nitrogen and oxygen atoms in total. The maximum Gasteiger partial charge on any atom is 0.232 e. The van der Waals surface area contributed by atoms with Crippen molar-refractivity contribution in [3.8, 4) is 0 Å². The van der Waals surface area contributed by atoms with Gasteiger partial charge in [0.15, 0.2) is 5.82 Å². The van der Waals surface area contributed by atoms with Crippen LogP contribution in [0.25, 0.3) is 0 Å². The number of nitrogens with zero attached hydrogens (tertiary/aromatic N) is 2. The first-order valence-electron chi connectivity index (χ1n) is 6.85. The van der Waals surface area contributed by atoms with E-state index in [1.807, 2.05) is 11.8 Å². The van der Waals surface area contributed by atoms with Gasteiger partial charge >= 0.3 is 0 Å². The Balaban J connectivity index is 1.75. The first-order valence-corrected chi connectivity index (χ1v) is 8.01.